The Balaban J connectivity index is 1.65. The van der Waals surface area contributed by atoms with E-state index in [0.717, 1.165) is 16.0 Å². The average molecular weight is 356 g/mol. The van der Waals surface area contributed by atoms with E-state index in [1.807, 2.05) is 12.1 Å². The second-order valence-corrected chi connectivity index (χ2v) is 6.64. The van der Waals surface area contributed by atoms with Gasteiger partial charge in [-0.2, -0.15) is 0 Å². The van der Waals surface area contributed by atoms with Crippen LogP contribution in [-0.4, -0.2) is 18.0 Å². The van der Waals surface area contributed by atoms with Crippen LogP contribution < -0.4 is 5.32 Å². The molecule has 3 rings (SSSR count). The Bertz CT molecular complexity index is 862. The van der Waals surface area contributed by atoms with E-state index >= 15 is 0 Å². The summed E-state index contributed by atoms with van der Waals surface area (Å²) in [7, 11) is 1.62. The minimum Gasteiger partial charge on any atom is -0.380 e. The molecule has 6 heteroatoms. The quantitative estimate of drug-likeness (QED) is 0.717. The Hall–Kier alpha value is -2.57. The number of anilines is 1. The van der Waals surface area contributed by atoms with Crippen molar-refractivity contribution in [1.29, 1.82) is 0 Å². The van der Waals surface area contributed by atoms with Crippen LogP contribution in [0.2, 0.25) is 0 Å². The van der Waals surface area contributed by atoms with Crippen LogP contribution in [0.4, 0.5) is 9.52 Å². The number of amides is 1. The molecule has 0 saturated heterocycles. The number of aromatic nitrogens is 1. The molecule has 0 aliphatic rings. The summed E-state index contributed by atoms with van der Waals surface area (Å²) in [5.74, 6) is -0.461. The van der Waals surface area contributed by atoms with Crippen LogP contribution in [0.5, 0.6) is 0 Å². The number of nitrogens with zero attached hydrogens (tertiary/aromatic N) is 1. The second-order valence-electron chi connectivity index (χ2n) is 5.52. The SMILES string of the molecule is COCc1cccc(C(=O)Nc2ncc(Cc3ccc(F)cc3)s2)c1. The van der Waals surface area contributed by atoms with E-state index in [-0.39, 0.29) is 11.7 Å². The summed E-state index contributed by atoms with van der Waals surface area (Å²) in [6, 6.07) is 13.6. The van der Waals surface area contributed by atoms with Crippen LogP contribution in [0.25, 0.3) is 0 Å². The number of hydrogen-bond acceptors (Lipinski definition) is 4. The molecule has 0 spiro atoms. The Morgan fingerprint density at radius 3 is 2.76 bits per heavy atom. The third-order valence-electron chi connectivity index (χ3n) is 3.57. The molecule has 25 heavy (non-hydrogen) atoms. The van der Waals surface area contributed by atoms with Gasteiger partial charge in [-0.05, 0) is 35.4 Å². The van der Waals surface area contributed by atoms with Crippen LogP contribution in [0.1, 0.15) is 26.4 Å². The van der Waals surface area contributed by atoms with Gasteiger partial charge in [0.25, 0.3) is 5.91 Å². The number of thiazole rings is 1. The fraction of sp³-hybridized carbons (Fsp3) is 0.158. The molecule has 0 atom stereocenters. The second kappa shape index (κ2) is 8.00. The lowest BCUT2D eigenvalue weighted by atomic mass is 10.1. The van der Waals surface area contributed by atoms with Gasteiger partial charge in [0.15, 0.2) is 5.13 Å². The van der Waals surface area contributed by atoms with E-state index in [1.54, 1.807) is 37.6 Å². The molecule has 0 saturated carbocycles. The van der Waals surface area contributed by atoms with E-state index in [9.17, 15) is 9.18 Å². The Kier molecular flexibility index (Phi) is 5.53. The molecule has 128 valence electrons. The summed E-state index contributed by atoms with van der Waals surface area (Å²) < 4.78 is 18.0. The van der Waals surface area contributed by atoms with Gasteiger partial charge in [-0.15, -0.1) is 11.3 Å². The van der Waals surface area contributed by atoms with Crippen molar-refractivity contribution >= 4 is 22.4 Å². The topological polar surface area (TPSA) is 51.2 Å². The van der Waals surface area contributed by atoms with Crippen LogP contribution in [0.3, 0.4) is 0 Å². The maximum atomic E-state index is 12.9. The Morgan fingerprint density at radius 2 is 2.00 bits per heavy atom. The molecule has 0 bridgehead atoms. The van der Waals surface area contributed by atoms with E-state index < -0.39 is 0 Å². The number of carbonyl (C=O) groups excluding carboxylic acids is 1. The molecule has 0 radical (unpaired) electrons. The molecule has 1 N–H and O–H groups in total. The number of rotatable bonds is 6. The van der Waals surface area contributed by atoms with Gasteiger partial charge < -0.3 is 4.74 Å². The molecule has 4 nitrogen and oxygen atoms in total. The zero-order valence-corrected chi connectivity index (χ0v) is 14.5. The minimum atomic E-state index is -0.253. The van der Waals surface area contributed by atoms with Crippen molar-refractivity contribution in [2.75, 3.05) is 12.4 Å². The number of hydrogen-bond donors (Lipinski definition) is 1. The van der Waals surface area contributed by atoms with Gasteiger partial charge in [0.2, 0.25) is 0 Å². The molecule has 0 aliphatic carbocycles. The van der Waals surface area contributed by atoms with Crippen molar-refractivity contribution in [1.82, 2.24) is 4.98 Å². The lowest BCUT2D eigenvalue weighted by molar-refractivity contribution is 0.102. The summed E-state index contributed by atoms with van der Waals surface area (Å²) in [6.07, 6.45) is 2.38. The van der Waals surface area contributed by atoms with E-state index in [1.165, 1.54) is 23.5 Å². The van der Waals surface area contributed by atoms with Gasteiger partial charge in [0.1, 0.15) is 5.82 Å². The fourth-order valence-electron chi connectivity index (χ4n) is 2.39. The monoisotopic (exact) mass is 356 g/mol. The van der Waals surface area contributed by atoms with Crippen molar-refractivity contribution in [2.45, 2.75) is 13.0 Å². The smallest absolute Gasteiger partial charge is 0.257 e. The molecule has 2 aromatic carbocycles. The number of halogens is 1. The van der Waals surface area contributed by atoms with Gasteiger partial charge in [0, 0.05) is 30.2 Å². The third-order valence-corrected chi connectivity index (χ3v) is 4.48. The highest BCUT2D eigenvalue weighted by molar-refractivity contribution is 7.15. The molecule has 0 aliphatic heterocycles. The van der Waals surface area contributed by atoms with E-state index in [4.69, 9.17) is 4.74 Å². The van der Waals surface area contributed by atoms with Crippen LogP contribution in [-0.2, 0) is 17.8 Å². The average Bonchev–Trinajstić information content (AvgIpc) is 3.04. The highest BCUT2D eigenvalue weighted by Crippen LogP contribution is 2.22. The molecule has 0 fully saturated rings. The molecule has 1 aromatic heterocycles. The number of methoxy groups -OCH3 is 1. The maximum absolute atomic E-state index is 12.9. The van der Waals surface area contributed by atoms with Gasteiger partial charge in [-0.1, -0.05) is 24.3 Å². The van der Waals surface area contributed by atoms with Crippen molar-refractivity contribution in [3.05, 3.63) is 82.1 Å². The summed E-state index contributed by atoms with van der Waals surface area (Å²) in [5.41, 5.74) is 2.49. The largest absolute Gasteiger partial charge is 0.380 e. The van der Waals surface area contributed by atoms with Crippen LogP contribution in [0, 0.1) is 5.82 Å². The first-order valence-corrected chi connectivity index (χ1v) is 8.54. The van der Waals surface area contributed by atoms with Gasteiger partial charge in [0.05, 0.1) is 6.61 Å². The first-order valence-electron chi connectivity index (χ1n) is 7.72. The normalized spacial score (nSPS) is 10.6. The number of benzene rings is 2. The summed E-state index contributed by atoms with van der Waals surface area (Å²) in [5, 5.41) is 3.35. The first kappa shape index (κ1) is 17.3. The van der Waals surface area contributed by atoms with Gasteiger partial charge in [-0.3, -0.25) is 10.1 Å². The first-order chi connectivity index (χ1) is 12.1. The van der Waals surface area contributed by atoms with Gasteiger partial charge in [-0.25, -0.2) is 9.37 Å². The summed E-state index contributed by atoms with van der Waals surface area (Å²) in [4.78, 5) is 17.6. The molecule has 0 unspecified atom stereocenters. The molecule has 3 aromatic rings. The Labute approximate surface area is 149 Å². The van der Waals surface area contributed by atoms with Crippen molar-refractivity contribution < 1.29 is 13.9 Å². The zero-order chi connectivity index (χ0) is 17.6. The number of nitrogens with one attached hydrogen (secondary N) is 1. The zero-order valence-electron chi connectivity index (χ0n) is 13.7. The summed E-state index contributed by atoms with van der Waals surface area (Å²) in [6.45, 7) is 0.459. The van der Waals surface area contributed by atoms with Crippen molar-refractivity contribution in [2.24, 2.45) is 0 Å². The van der Waals surface area contributed by atoms with Crippen LogP contribution >= 0.6 is 11.3 Å². The molecular formula is C19H17FN2O2S. The number of carbonyl (C=O) groups is 1. The van der Waals surface area contributed by atoms with E-state index in [0.29, 0.717) is 23.7 Å². The van der Waals surface area contributed by atoms with Crippen molar-refractivity contribution in [3.8, 4) is 0 Å². The van der Waals surface area contributed by atoms with E-state index in [2.05, 4.69) is 10.3 Å². The molecule has 1 amide bonds. The van der Waals surface area contributed by atoms with Crippen LogP contribution in [0.15, 0.2) is 54.7 Å². The summed E-state index contributed by atoms with van der Waals surface area (Å²) >= 11 is 1.41. The molecule has 1 heterocycles. The minimum absolute atomic E-state index is 0.208. The maximum Gasteiger partial charge on any atom is 0.257 e. The van der Waals surface area contributed by atoms with Crippen molar-refractivity contribution in [3.63, 3.8) is 0 Å². The lowest BCUT2D eigenvalue weighted by Crippen LogP contribution is -2.11. The Morgan fingerprint density at radius 1 is 1.20 bits per heavy atom. The van der Waals surface area contributed by atoms with Gasteiger partial charge >= 0.3 is 0 Å². The molecular weight excluding hydrogens is 339 g/mol. The lowest BCUT2D eigenvalue weighted by Gasteiger charge is -2.04. The highest BCUT2D eigenvalue weighted by Gasteiger charge is 2.10. The third kappa shape index (κ3) is 4.71. The predicted molar refractivity (Wildman–Crippen MR) is 96.4 cm³/mol. The fourth-order valence-corrected chi connectivity index (χ4v) is 3.23. The predicted octanol–water partition coefficient (Wildman–Crippen LogP) is 4.27. The standard InChI is InChI=1S/C19H17FN2O2S/c1-24-12-14-3-2-4-15(9-14)18(23)22-19-21-11-17(25-19)10-13-5-7-16(20)8-6-13/h2-9,11H,10,12H2,1H3,(H,21,22,23). The number of ether oxygens (including phenoxy) is 1. The highest BCUT2D eigenvalue weighted by atomic mass is 32.1.